The Hall–Kier alpha value is -0.900. The molecule has 1 aromatic heterocycles. The number of rotatable bonds is 1. The van der Waals surface area contributed by atoms with E-state index in [9.17, 15) is 4.79 Å². The average molecular weight is 264 g/mol. The van der Waals surface area contributed by atoms with Gasteiger partial charge in [0.2, 0.25) is 5.88 Å². The third kappa shape index (κ3) is 2.01. The fourth-order valence-electron chi connectivity index (χ4n) is 0.652. The predicted octanol–water partition coefficient (Wildman–Crippen LogP) is 0.278. The minimum atomic E-state index is -0.346. The first-order chi connectivity index (χ1) is 5.24. The van der Waals surface area contributed by atoms with E-state index in [0.717, 1.165) is 0 Å². The van der Waals surface area contributed by atoms with Gasteiger partial charge in [-0.05, 0) is 3.93 Å². The van der Waals surface area contributed by atoms with Crippen molar-refractivity contribution in [3.63, 3.8) is 0 Å². The molecular weight excluding hydrogens is 259 g/mol. The van der Waals surface area contributed by atoms with E-state index in [0.29, 0.717) is 6.54 Å². The number of hydrogen-bond acceptors (Lipinski definition) is 2. The summed E-state index contributed by atoms with van der Waals surface area (Å²) in [7, 11) is 0. The molecule has 0 atom stereocenters. The lowest BCUT2D eigenvalue weighted by molar-refractivity contribution is 0.455. The maximum absolute atomic E-state index is 10.8. The molecule has 0 aliphatic carbocycles. The van der Waals surface area contributed by atoms with Gasteiger partial charge in [0.1, 0.15) is 0 Å². The number of aromatic amines is 1. The Kier molecular flexibility index (Phi) is 2.59. The monoisotopic (exact) mass is 264 g/mol. The zero-order chi connectivity index (χ0) is 8.27. The number of aromatic nitrogens is 2. The molecule has 0 aliphatic rings. The van der Waals surface area contributed by atoms with Crippen LogP contribution in [-0.2, 0) is 6.54 Å². The van der Waals surface area contributed by atoms with E-state index in [4.69, 9.17) is 5.11 Å². The van der Waals surface area contributed by atoms with Crippen molar-refractivity contribution < 1.29 is 5.11 Å². The lowest BCUT2D eigenvalue weighted by Crippen LogP contribution is -2.15. The van der Waals surface area contributed by atoms with E-state index < -0.39 is 0 Å². The van der Waals surface area contributed by atoms with Crippen LogP contribution >= 0.6 is 22.6 Å². The first-order valence-electron chi connectivity index (χ1n) is 2.81. The van der Waals surface area contributed by atoms with Gasteiger partial charge in [-0.25, -0.2) is 4.79 Å². The van der Waals surface area contributed by atoms with E-state index in [1.807, 2.05) is 22.6 Å². The van der Waals surface area contributed by atoms with Gasteiger partial charge in [0, 0.05) is 22.6 Å². The van der Waals surface area contributed by atoms with E-state index in [2.05, 4.69) is 14.8 Å². The van der Waals surface area contributed by atoms with Crippen LogP contribution in [-0.4, -0.2) is 14.7 Å². The van der Waals surface area contributed by atoms with Crippen LogP contribution in [0.5, 0.6) is 5.88 Å². The Labute approximate surface area is 76.4 Å². The fraction of sp³-hybridized carbons (Fsp3) is 0.167. The largest absolute Gasteiger partial charge is 0.493 e. The number of nitrogens with one attached hydrogen (secondary N) is 1. The molecule has 0 spiro atoms. The molecule has 0 aromatic carbocycles. The SMILES string of the molecule is O=c1[nH]c(O)cn1CC#CI. The third-order valence-electron chi connectivity index (χ3n) is 1.09. The molecule has 1 heterocycles. The van der Waals surface area contributed by atoms with Crippen LogP contribution in [0, 0.1) is 9.85 Å². The van der Waals surface area contributed by atoms with Crippen LogP contribution < -0.4 is 5.69 Å². The van der Waals surface area contributed by atoms with Crippen molar-refractivity contribution in [3.8, 4) is 15.7 Å². The zero-order valence-electron chi connectivity index (χ0n) is 5.47. The van der Waals surface area contributed by atoms with E-state index >= 15 is 0 Å². The molecule has 4 nitrogen and oxygen atoms in total. The second kappa shape index (κ2) is 3.48. The lowest BCUT2D eigenvalue weighted by atomic mass is 10.6. The molecule has 5 heteroatoms. The Balaban J connectivity index is 2.92. The van der Waals surface area contributed by atoms with Gasteiger partial charge >= 0.3 is 5.69 Å². The summed E-state index contributed by atoms with van der Waals surface area (Å²) in [5, 5.41) is 8.81. The van der Waals surface area contributed by atoms with Gasteiger partial charge in [-0.2, -0.15) is 0 Å². The molecule has 0 saturated heterocycles. The second-order valence-electron chi connectivity index (χ2n) is 1.84. The van der Waals surface area contributed by atoms with Crippen LogP contribution in [0.4, 0.5) is 0 Å². The smallest absolute Gasteiger partial charge is 0.329 e. The summed E-state index contributed by atoms with van der Waals surface area (Å²) in [5.74, 6) is 2.55. The molecule has 1 aromatic rings. The van der Waals surface area contributed by atoms with E-state index in [-0.39, 0.29) is 11.6 Å². The molecule has 0 fully saturated rings. The van der Waals surface area contributed by atoms with E-state index in [1.54, 1.807) is 0 Å². The van der Waals surface area contributed by atoms with Crippen LogP contribution in [0.1, 0.15) is 0 Å². The summed E-state index contributed by atoms with van der Waals surface area (Å²) in [6, 6.07) is 0. The number of imidazole rings is 1. The highest BCUT2D eigenvalue weighted by Gasteiger charge is 1.97. The molecule has 0 amide bonds. The topological polar surface area (TPSA) is 58.0 Å². The summed E-state index contributed by atoms with van der Waals surface area (Å²) >= 11 is 1.88. The fourth-order valence-corrected chi connectivity index (χ4v) is 0.823. The number of hydrogen-bond donors (Lipinski definition) is 2. The lowest BCUT2D eigenvalue weighted by Gasteiger charge is -1.87. The molecule has 0 unspecified atom stereocenters. The summed E-state index contributed by atoms with van der Waals surface area (Å²) in [5.41, 5.74) is -0.346. The maximum Gasteiger partial charge on any atom is 0.329 e. The van der Waals surface area contributed by atoms with Crippen LogP contribution in [0.15, 0.2) is 11.0 Å². The molecule has 0 radical (unpaired) electrons. The van der Waals surface area contributed by atoms with Crippen molar-refractivity contribution in [2.24, 2.45) is 0 Å². The quantitative estimate of drug-likeness (QED) is 0.565. The number of halogens is 1. The van der Waals surface area contributed by atoms with Crippen molar-refractivity contribution in [1.29, 1.82) is 0 Å². The zero-order valence-corrected chi connectivity index (χ0v) is 7.62. The van der Waals surface area contributed by atoms with Gasteiger partial charge in [-0.1, -0.05) is 5.92 Å². The molecule has 0 aliphatic heterocycles. The van der Waals surface area contributed by atoms with Crippen LogP contribution in [0.25, 0.3) is 0 Å². The highest BCUT2D eigenvalue weighted by atomic mass is 127. The summed E-state index contributed by atoms with van der Waals surface area (Å²) in [4.78, 5) is 13.0. The van der Waals surface area contributed by atoms with Gasteiger partial charge in [-0.3, -0.25) is 9.55 Å². The highest BCUT2D eigenvalue weighted by molar-refractivity contribution is 14.1. The van der Waals surface area contributed by atoms with Crippen molar-refractivity contribution in [3.05, 3.63) is 16.7 Å². The molecular formula is C6H5IN2O2. The second-order valence-corrected chi connectivity index (χ2v) is 2.38. The molecule has 0 saturated carbocycles. The standard InChI is InChI=1S/C6H5IN2O2/c7-2-1-3-9-4-5(10)8-6(9)11/h4,10H,3H2,(H,8,11). The molecule has 2 N–H and O–H groups in total. The van der Waals surface area contributed by atoms with Crippen LogP contribution in [0.3, 0.4) is 0 Å². The van der Waals surface area contributed by atoms with Gasteiger partial charge in [0.15, 0.2) is 0 Å². The minimum absolute atomic E-state index is 0.134. The highest BCUT2D eigenvalue weighted by Crippen LogP contribution is 1.96. The Morgan fingerprint density at radius 3 is 3.00 bits per heavy atom. The number of aromatic hydroxyl groups is 1. The Bertz CT molecular complexity index is 355. The number of nitrogens with zero attached hydrogens (tertiary/aromatic N) is 1. The first kappa shape index (κ1) is 8.20. The van der Waals surface area contributed by atoms with Gasteiger partial charge in [0.05, 0.1) is 12.7 Å². The third-order valence-corrected chi connectivity index (χ3v) is 1.47. The van der Waals surface area contributed by atoms with Gasteiger partial charge in [0.25, 0.3) is 0 Å². The molecule has 11 heavy (non-hydrogen) atoms. The van der Waals surface area contributed by atoms with Crippen molar-refractivity contribution in [2.45, 2.75) is 6.54 Å². The summed E-state index contributed by atoms with van der Waals surface area (Å²) < 4.78 is 3.91. The average Bonchev–Trinajstić information content (AvgIpc) is 2.26. The Morgan fingerprint density at radius 1 is 1.82 bits per heavy atom. The van der Waals surface area contributed by atoms with Gasteiger partial charge < -0.3 is 5.11 Å². The normalized spacial score (nSPS) is 8.82. The molecule has 58 valence electrons. The molecule has 0 bridgehead atoms. The first-order valence-corrected chi connectivity index (χ1v) is 3.89. The summed E-state index contributed by atoms with van der Waals surface area (Å²) in [6.45, 7) is 0.304. The van der Waals surface area contributed by atoms with E-state index in [1.165, 1.54) is 10.8 Å². The van der Waals surface area contributed by atoms with Crippen molar-refractivity contribution in [1.82, 2.24) is 9.55 Å². The molecule has 1 rings (SSSR count). The maximum atomic E-state index is 10.8. The minimum Gasteiger partial charge on any atom is -0.493 e. The van der Waals surface area contributed by atoms with Gasteiger partial charge in [-0.15, -0.1) is 0 Å². The van der Waals surface area contributed by atoms with Crippen LogP contribution in [0.2, 0.25) is 0 Å². The van der Waals surface area contributed by atoms with Crippen molar-refractivity contribution >= 4 is 22.6 Å². The number of H-pyrrole nitrogens is 1. The summed E-state index contributed by atoms with van der Waals surface area (Å²) in [6.07, 6.45) is 1.31. The van der Waals surface area contributed by atoms with Crippen molar-refractivity contribution in [2.75, 3.05) is 0 Å². The predicted molar refractivity (Wildman–Crippen MR) is 48.5 cm³/mol. The Morgan fingerprint density at radius 2 is 2.55 bits per heavy atom.